The van der Waals surface area contributed by atoms with Crippen molar-refractivity contribution in [2.24, 2.45) is 15.9 Å². The molecule has 2 aromatic heterocycles. The monoisotopic (exact) mass is 408 g/mol. The first-order chi connectivity index (χ1) is 14.5. The van der Waals surface area contributed by atoms with Crippen LogP contribution < -0.4 is 0 Å². The minimum atomic E-state index is -0.650. The minimum Gasteiger partial charge on any atom is -0.272 e. The van der Waals surface area contributed by atoms with E-state index in [4.69, 9.17) is 0 Å². The second-order valence-electron chi connectivity index (χ2n) is 8.78. The van der Waals surface area contributed by atoms with E-state index in [-0.39, 0.29) is 11.3 Å². The Balaban J connectivity index is 1.18. The topological polar surface area (TPSA) is 76.3 Å². The Hall–Kier alpha value is -3.23. The predicted molar refractivity (Wildman–Crippen MR) is 103 cm³/mol. The summed E-state index contributed by atoms with van der Waals surface area (Å²) in [5, 5.41) is 10.1. The van der Waals surface area contributed by atoms with Crippen LogP contribution >= 0.6 is 0 Å². The van der Waals surface area contributed by atoms with Gasteiger partial charge < -0.3 is 0 Å². The van der Waals surface area contributed by atoms with Gasteiger partial charge in [-0.25, -0.2) is 28.4 Å². The number of rotatable bonds is 4. The van der Waals surface area contributed by atoms with Gasteiger partial charge in [0.25, 0.3) is 0 Å². The highest BCUT2D eigenvalue weighted by atomic mass is 19.1. The van der Waals surface area contributed by atoms with E-state index in [1.165, 1.54) is 17.1 Å². The summed E-state index contributed by atoms with van der Waals surface area (Å²) in [6, 6.07) is 2.92. The van der Waals surface area contributed by atoms with Crippen molar-refractivity contribution in [3.05, 3.63) is 54.0 Å². The van der Waals surface area contributed by atoms with Crippen LogP contribution in [-0.2, 0) is 11.3 Å². The van der Waals surface area contributed by atoms with Crippen LogP contribution in [0.5, 0.6) is 0 Å². The van der Waals surface area contributed by atoms with Crippen LogP contribution in [0.3, 0.4) is 0 Å². The van der Waals surface area contributed by atoms with Gasteiger partial charge in [0.15, 0.2) is 5.65 Å². The van der Waals surface area contributed by atoms with Crippen molar-refractivity contribution in [1.82, 2.24) is 24.8 Å². The molecule has 0 radical (unpaired) electrons. The average molecular weight is 408 g/mol. The Morgan fingerprint density at radius 2 is 1.83 bits per heavy atom. The summed E-state index contributed by atoms with van der Waals surface area (Å²) >= 11 is 0. The molecule has 9 heteroatoms. The van der Waals surface area contributed by atoms with Gasteiger partial charge in [0, 0.05) is 37.6 Å². The molecule has 0 spiro atoms. The number of nitrogens with zero attached hydrogens (tertiary/aromatic N) is 6. The highest BCUT2D eigenvalue weighted by molar-refractivity contribution is 5.88. The molecule has 4 aliphatic rings. The van der Waals surface area contributed by atoms with Crippen molar-refractivity contribution in [2.75, 3.05) is 0 Å². The smallest absolute Gasteiger partial charge is 0.249 e. The number of carbonyl (C=O) groups is 1. The van der Waals surface area contributed by atoms with Crippen LogP contribution in [0, 0.1) is 22.5 Å². The van der Waals surface area contributed by atoms with Crippen LogP contribution in [0.15, 0.2) is 41.9 Å². The van der Waals surface area contributed by atoms with E-state index in [9.17, 15) is 13.6 Å². The zero-order chi connectivity index (χ0) is 20.5. The molecule has 7 nitrogen and oxygen atoms in total. The van der Waals surface area contributed by atoms with Crippen molar-refractivity contribution in [1.29, 1.82) is 0 Å². The molecule has 1 aliphatic heterocycles. The number of fused-ring (bicyclic) bond motifs is 1. The average Bonchev–Trinajstić information content (AvgIpc) is 3.29. The van der Waals surface area contributed by atoms with Crippen molar-refractivity contribution in [3.63, 3.8) is 0 Å². The van der Waals surface area contributed by atoms with Gasteiger partial charge in [0.05, 0.1) is 17.7 Å². The molecular weight excluding hydrogens is 390 g/mol. The Morgan fingerprint density at radius 1 is 1.10 bits per heavy atom. The quantitative estimate of drug-likeness (QED) is 0.664. The van der Waals surface area contributed by atoms with Crippen LogP contribution in [0.4, 0.5) is 8.78 Å². The summed E-state index contributed by atoms with van der Waals surface area (Å²) in [4.78, 5) is 21.9. The molecule has 0 saturated heterocycles. The molecular formula is C21H18F2N6O. The number of hydrazone groups is 1. The zero-order valence-electron chi connectivity index (χ0n) is 16.0. The first-order valence-corrected chi connectivity index (χ1v) is 9.92. The number of hydrogen-bond acceptors (Lipinski definition) is 5. The molecule has 3 heterocycles. The maximum Gasteiger partial charge on any atom is 0.249 e. The maximum absolute atomic E-state index is 13.7. The molecule has 1 unspecified atom stereocenters. The van der Waals surface area contributed by atoms with Gasteiger partial charge in [-0.2, -0.15) is 10.2 Å². The van der Waals surface area contributed by atoms with Gasteiger partial charge >= 0.3 is 0 Å². The molecule has 30 heavy (non-hydrogen) atoms. The fraction of sp³-hybridized carbons (Fsp3) is 0.381. The minimum absolute atomic E-state index is 0.0377. The number of benzene rings is 1. The number of hydrogen-bond donors (Lipinski definition) is 0. The molecule has 3 saturated carbocycles. The summed E-state index contributed by atoms with van der Waals surface area (Å²) < 4.78 is 29.2. The number of halogens is 2. The van der Waals surface area contributed by atoms with Gasteiger partial charge in [-0.05, 0) is 42.4 Å². The standard InChI is InChI=1S/C21H18F2N6O/c22-14-5-13(6-15(23)7-14)17-1-2-26-29(17)19(30)21-9-20(10-21,11-21)12-28-18-16(8-27-28)24-3-4-25-18/h2-8,17H,1,9-12H2. The third-order valence-electron chi connectivity index (χ3n) is 6.66. The van der Waals surface area contributed by atoms with Gasteiger partial charge in [-0.1, -0.05) is 0 Å². The molecule has 1 amide bonds. The highest BCUT2D eigenvalue weighted by Gasteiger charge is 2.72. The summed E-state index contributed by atoms with van der Waals surface area (Å²) in [7, 11) is 0. The Labute approximate surface area is 170 Å². The number of aromatic nitrogens is 4. The molecule has 1 aromatic carbocycles. The van der Waals surface area contributed by atoms with E-state index in [2.05, 4.69) is 20.2 Å². The van der Waals surface area contributed by atoms with Crippen LogP contribution in [0.1, 0.15) is 37.3 Å². The fourth-order valence-electron chi connectivity index (χ4n) is 5.53. The largest absolute Gasteiger partial charge is 0.272 e. The highest BCUT2D eigenvalue weighted by Crippen LogP contribution is 2.74. The lowest BCUT2D eigenvalue weighted by molar-refractivity contribution is -0.223. The molecule has 1 atom stereocenters. The molecule has 3 fully saturated rings. The summed E-state index contributed by atoms with van der Waals surface area (Å²) in [6.07, 6.45) is 9.37. The second kappa shape index (κ2) is 5.90. The molecule has 152 valence electrons. The Bertz CT molecular complexity index is 1180. The van der Waals surface area contributed by atoms with Crippen molar-refractivity contribution >= 4 is 23.3 Å². The van der Waals surface area contributed by atoms with Crippen LogP contribution in [-0.4, -0.2) is 36.9 Å². The van der Waals surface area contributed by atoms with Gasteiger partial charge in [-0.3, -0.25) is 4.79 Å². The van der Waals surface area contributed by atoms with Crippen molar-refractivity contribution < 1.29 is 13.6 Å². The van der Waals surface area contributed by atoms with E-state index in [0.717, 1.165) is 36.5 Å². The second-order valence-corrected chi connectivity index (χ2v) is 8.78. The summed E-state index contributed by atoms with van der Waals surface area (Å²) in [6.45, 7) is 0.700. The lowest BCUT2D eigenvalue weighted by atomic mass is 9.34. The van der Waals surface area contributed by atoms with Gasteiger partial charge in [0.1, 0.15) is 17.2 Å². The van der Waals surface area contributed by atoms with Crippen LogP contribution in [0.2, 0.25) is 0 Å². The molecule has 3 aliphatic carbocycles. The van der Waals surface area contributed by atoms with Gasteiger partial charge in [0.2, 0.25) is 5.91 Å². The van der Waals surface area contributed by atoms with Crippen molar-refractivity contribution in [2.45, 2.75) is 38.3 Å². The van der Waals surface area contributed by atoms with E-state index >= 15 is 0 Å². The fourth-order valence-corrected chi connectivity index (χ4v) is 5.53. The lowest BCUT2D eigenvalue weighted by Gasteiger charge is -2.69. The van der Waals surface area contributed by atoms with E-state index in [1.807, 2.05) is 4.68 Å². The third kappa shape index (κ3) is 2.44. The van der Waals surface area contributed by atoms with Crippen LogP contribution in [0.25, 0.3) is 11.2 Å². The number of carbonyl (C=O) groups excluding carboxylic acids is 1. The van der Waals surface area contributed by atoms with Gasteiger partial charge in [-0.15, -0.1) is 0 Å². The van der Waals surface area contributed by atoms with E-state index in [0.29, 0.717) is 18.5 Å². The maximum atomic E-state index is 13.7. The summed E-state index contributed by atoms with van der Waals surface area (Å²) in [5.41, 5.74) is 1.55. The third-order valence-corrected chi connectivity index (χ3v) is 6.66. The zero-order valence-corrected chi connectivity index (χ0v) is 16.0. The van der Waals surface area contributed by atoms with E-state index < -0.39 is 23.1 Å². The normalized spacial score (nSPS) is 29.1. The molecule has 7 rings (SSSR count). The SMILES string of the molecule is O=C(N1N=CCC1c1cc(F)cc(F)c1)C12CC(Cn3ncc4nccnc43)(C1)C2. The molecule has 3 aromatic rings. The Morgan fingerprint density at radius 3 is 2.60 bits per heavy atom. The lowest BCUT2D eigenvalue weighted by Crippen LogP contribution is -2.68. The van der Waals surface area contributed by atoms with E-state index in [1.54, 1.807) is 24.8 Å². The number of amides is 1. The molecule has 2 bridgehead atoms. The Kier molecular flexibility index (Phi) is 3.46. The summed E-state index contributed by atoms with van der Waals surface area (Å²) in [5.74, 6) is -1.36. The first kappa shape index (κ1) is 17.6. The molecule has 0 N–H and O–H groups in total. The van der Waals surface area contributed by atoms with Crippen molar-refractivity contribution in [3.8, 4) is 0 Å². The predicted octanol–water partition coefficient (Wildman–Crippen LogP) is 3.23. The first-order valence-electron chi connectivity index (χ1n) is 9.92.